The monoisotopic (exact) mass is 438 g/mol. The summed E-state index contributed by atoms with van der Waals surface area (Å²) in [6.07, 6.45) is 2.11. The lowest BCUT2D eigenvalue weighted by molar-refractivity contribution is -0.868. The normalized spacial score (nSPS) is 8.72. The molecule has 0 aliphatic rings. The van der Waals surface area contributed by atoms with Gasteiger partial charge in [-0.25, -0.2) is 0 Å². The molecular weight excluding hydrogens is 396 g/mol. The Hall–Kier alpha value is -2.16. The van der Waals surface area contributed by atoms with Gasteiger partial charge in [-0.15, -0.1) is 0 Å². The first-order chi connectivity index (χ1) is 12.3. The lowest BCUT2D eigenvalue weighted by Gasteiger charge is -2.20. The number of primary amides is 2. The van der Waals surface area contributed by atoms with E-state index in [-0.39, 0.29) is 18.0 Å². The Bertz CT molecular complexity index is 436. The third-order valence-electron chi connectivity index (χ3n) is 2.65. The number of hydrogen-bond donors (Lipinski definition) is 2. The van der Waals surface area contributed by atoms with Crippen molar-refractivity contribution in [3.05, 3.63) is 37.5 Å². The van der Waals surface area contributed by atoms with Crippen molar-refractivity contribution >= 4 is 17.8 Å². The summed E-state index contributed by atoms with van der Waals surface area (Å²) in [5.74, 6) is -2.15. The number of nitrogens with two attached hydrogens (primary N) is 2. The molecule has 0 saturated heterocycles. The first-order valence-electron chi connectivity index (χ1n) is 8.62. The van der Waals surface area contributed by atoms with Crippen LogP contribution >= 0.6 is 0 Å². The lowest BCUT2D eigenvalue weighted by Crippen LogP contribution is -3.00. The Kier molecular flexibility index (Phi) is 34.0. The molecule has 9 heteroatoms. The molecule has 0 bridgehead atoms. The van der Waals surface area contributed by atoms with E-state index in [0.29, 0.717) is 0 Å². The van der Waals surface area contributed by atoms with Crippen molar-refractivity contribution in [2.24, 2.45) is 11.5 Å². The summed E-state index contributed by atoms with van der Waals surface area (Å²) in [6, 6.07) is 0. The largest absolute Gasteiger partial charge is 1.00 e. The quantitative estimate of drug-likeness (QED) is 0.351. The number of aliphatic carboxylic acids is 1. The summed E-state index contributed by atoms with van der Waals surface area (Å²) in [5, 5.41) is 9.49. The molecule has 4 N–H and O–H groups in total. The van der Waals surface area contributed by atoms with E-state index >= 15 is 0 Å². The van der Waals surface area contributed by atoms with Gasteiger partial charge in [0.2, 0.25) is 11.8 Å². The Morgan fingerprint density at radius 2 is 0.931 bits per heavy atom. The molecule has 0 spiro atoms. The predicted octanol–water partition coefficient (Wildman–Crippen LogP) is -2.94. The minimum atomic E-state index is -1.19. The SMILES string of the molecule is C=C(C)C(=O)[O-].C=CC(N)=O.C=CC(N)=O.CC[N+](C)(C)C.CC[N+](C)(C)C.[Cl-]. The molecule has 8 nitrogen and oxygen atoms in total. The zero-order valence-corrected chi connectivity index (χ0v) is 20.5. The number of carboxylic acid groups (broad SMARTS) is 1. The van der Waals surface area contributed by atoms with Crippen LogP contribution in [0.5, 0.6) is 0 Å². The molecular formula is C20H43ClN4O4. The number of quaternary nitrogens is 2. The Morgan fingerprint density at radius 1 is 0.828 bits per heavy atom. The highest BCUT2D eigenvalue weighted by molar-refractivity contribution is 5.85. The van der Waals surface area contributed by atoms with Gasteiger partial charge >= 0.3 is 0 Å². The highest BCUT2D eigenvalue weighted by Gasteiger charge is 1.98. The topological polar surface area (TPSA) is 126 Å². The number of amides is 2. The number of nitrogens with zero attached hydrogens (tertiary/aromatic N) is 2. The average Bonchev–Trinajstić information content (AvgIpc) is 2.55. The Morgan fingerprint density at radius 3 is 0.931 bits per heavy atom. The van der Waals surface area contributed by atoms with E-state index in [1.54, 1.807) is 0 Å². The number of carbonyl (C=O) groups is 3. The first-order valence-corrected chi connectivity index (χ1v) is 8.62. The standard InChI is InChI=1S/2C5H14N.C4H6O2.2C3H5NO.ClH/c2*1-5-6(2,3)4;1-3(2)4(5)6;2*1-2-3(4)5;/h2*5H2,1-4H3;1H2,2H3,(H,5,6);2*2H,1H2,(H2,4,5);1H/q2*+1;;;;/p-2. The van der Waals surface area contributed by atoms with Crippen LogP contribution in [0.25, 0.3) is 0 Å². The molecule has 0 aliphatic heterocycles. The van der Waals surface area contributed by atoms with E-state index < -0.39 is 17.8 Å². The van der Waals surface area contributed by atoms with Crippen molar-refractivity contribution in [3.8, 4) is 0 Å². The molecule has 174 valence electrons. The maximum atomic E-state index is 9.49. The smallest absolute Gasteiger partial charge is 0.240 e. The van der Waals surface area contributed by atoms with E-state index in [9.17, 15) is 19.5 Å². The Balaban J connectivity index is -0.0000000567. The highest BCUT2D eigenvalue weighted by Crippen LogP contribution is 1.84. The molecule has 29 heavy (non-hydrogen) atoms. The number of halogens is 1. The molecule has 0 aromatic rings. The van der Waals surface area contributed by atoms with Gasteiger partial charge in [0, 0.05) is 0 Å². The number of rotatable bonds is 5. The molecule has 0 aromatic heterocycles. The minimum absolute atomic E-state index is 0. The molecule has 2 amide bonds. The van der Waals surface area contributed by atoms with Gasteiger partial charge in [-0.05, 0) is 38.5 Å². The fourth-order valence-corrected chi connectivity index (χ4v) is 0. The number of carbonyl (C=O) groups excluding carboxylic acids is 3. The second-order valence-electron chi connectivity index (χ2n) is 7.49. The summed E-state index contributed by atoms with van der Waals surface area (Å²) in [4.78, 5) is 28.4. The zero-order chi connectivity index (χ0) is 24.1. The van der Waals surface area contributed by atoms with Gasteiger partial charge in [0.15, 0.2) is 0 Å². The molecule has 0 atom stereocenters. The minimum Gasteiger partial charge on any atom is -1.00 e. The first kappa shape index (κ1) is 41.3. The van der Waals surface area contributed by atoms with E-state index in [0.717, 1.165) is 21.1 Å². The highest BCUT2D eigenvalue weighted by atomic mass is 35.5. The van der Waals surface area contributed by atoms with Crippen molar-refractivity contribution in [3.63, 3.8) is 0 Å². The van der Waals surface area contributed by atoms with Crippen LogP contribution in [0.2, 0.25) is 0 Å². The molecule has 0 unspecified atom stereocenters. The zero-order valence-electron chi connectivity index (χ0n) is 19.8. The Labute approximate surface area is 184 Å². The second-order valence-corrected chi connectivity index (χ2v) is 7.49. The van der Waals surface area contributed by atoms with Gasteiger partial charge in [0.05, 0.1) is 61.3 Å². The van der Waals surface area contributed by atoms with Crippen LogP contribution in [0.1, 0.15) is 20.8 Å². The maximum absolute atomic E-state index is 9.49. The third kappa shape index (κ3) is 105. The van der Waals surface area contributed by atoms with E-state index in [4.69, 9.17) is 0 Å². The molecule has 0 saturated carbocycles. The predicted molar refractivity (Wildman–Crippen MR) is 116 cm³/mol. The van der Waals surface area contributed by atoms with Gasteiger partial charge < -0.3 is 42.7 Å². The van der Waals surface area contributed by atoms with Gasteiger partial charge in [0.25, 0.3) is 0 Å². The van der Waals surface area contributed by atoms with Crippen LogP contribution in [-0.4, -0.2) is 82.1 Å². The maximum Gasteiger partial charge on any atom is 0.240 e. The molecule has 0 aromatic carbocycles. The lowest BCUT2D eigenvalue weighted by atomic mass is 10.4. The number of carboxylic acids is 1. The molecule has 0 heterocycles. The van der Waals surface area contributed by atoms with Crippen LogP contribution in [0.4, 0.5) is 0 Å². The van der Waals surface area contributed by atoms with Gasteiger partial charge in [-0.1, -0.05) is 19.7 Å². The van der Waals surface area contributed by atoms with Crippen molar-refractivity contribution in [2.45, 2.75) is 20.8 Å². The summed E-state index contributed by atoms with van der Waals surface area (Å²) >= 11 is 0. The molecule has 0 aliphatic carbocycles. The summed E-state index contributed by atoms with van der Waals surface area (Å²) in [6.45, 7) is 17.4. The van der Waals surface area contributed by atoms with Crippen LogP contribution in [0.3, 0.4) is 0 Å². The van der Waals surface area contributed by atoms with E-state index in [1.807, 2.05) is 0 Å². The summed E-state index contributed by atoms with van der Waals surface area (Å²) in [5.41, 5.74) is 9.13. The van der Waals surface area contributed by atoms with Crippen LogP contribution in [0, 0.1) is 0 Å². The van der Waals surface area contributed by atoms with Crippen molar-refractivity contribution in [2.75, 3.05) is 55.4 Å². The van der Waals surface area contributed by atoms with Crippen LogP contribution in [0.15, 0.2) is 37.5 Å². The fourth-order valence-electron chi connectivity index (χ4n) is 0. The van der Waals surface area contributed by atoms with Crippen LogP contribution in [-0.2, 0) is 14.4 Å². The average molecular weight is 439 g/mol. The molecule has 0 radical (unpaired) electrons. The van der Waals surface area contributed by atoms with Gasteiger partial charge in [-0.2, -0.15) is 0 Å². The van der Waals surface area contributed by atoms with Crippen molar-refractivity contribution in [1.29, 1.82) is 0 Å². The van der Waals surface area contributed by atoms with Crippen LogP contribution < -0.4 is 29.0 Å². The molecule has 0 rings (SSSR count). The molecule has 0 fully saturated rings. The summed E-state index contributed by atoms with van der Waals surface area (Å²) in [7, 11) is 13.1. The van der Waals surface area contributed by atoms with E-state index in [1.165, 1.54) is 20.0 Å². The van der Waals surface area contributed by atoms with E-state index in [2.05, 4.69) is 87.3 Å². The fraction of sp³-hybridized carbons (Fsp3) is 0.550. The van der Waals surface area contributed by atoms with Crippen molar-refractivity contribution < 1.29 is 40.9 Å². The second kappa shape index (κ2) is 23.9. The van der Waals surface area contributed by atoms with Crippen molar-refractivity contribution in [1.82, 2.24) is 0 Å². The number of hydrogen-bond acceptors (Lipinski definition) is 4. The van der Waals surface area contributed by atoms with Gasteiger partial charge in [-0.3, -0.25) is 9.59 Å². The summed E-state index contributed by atoms with van der Waals surface area (Å²) < 4.78 is 2.14. The van der Waals surface area contributed by atoms with Gasteiger partial charge in [0.1, 0.15) is 0 Å². The third-order valence-corrected chi connectivity index (χ3v) is 2.65.